The number of carbonyl (C=O) groups is 3. The summed E-state index contributed by atoms with van der Waals surface area (Å²) in [5, 5.41) is 17.2. The van der Waals surface area contributed by atoms with Crippen LogP contribution in [0.3, 0.4) is 0 Å². The Bertz CT molecular complexity index is 1060. The van der Waals surface area contributed by atoms with Crippen molar-refractivity contribution in [2.75, 3.05) is 26.2 Å². The van der Waals surface area contributed by atoms with Gasteiger partial charge in [-0.05, 0) is 39.7 Å². The third-order valence-electron chi connectivity index (χ3n) is 5.23. The second-order valence-electron chi connectivity index (χ2n) is 8.99. The van der Waals surface area contributed by atoms with E-state index in [-0.39, 0.29) is 48.7 Å². The van der Waals surface area contributed by atoms with Crippen LogP contribution < -0.4 is 10.6 Å². The lowest BCUT2D eigenvalue weighted by molar-refractivity contribution is -0.383. The molecular formula is C22H29N5O6. The number of hydrogen-bond donors (Lipinski definition) is 3. The lowest BCUT2D eigenvalue weighted by Gasteiger charge is -2.31. The highest BCUT2D eigenvalue weighted by Crippen LogP contribution is 2.27. The summed E-state index contributed by atoms with van der Waals surface area (Å²) in [5.74, 6) is -0.863. The average Bonchev–Trinajstić information content (AvgIpc) is 3.19. The number of piperidine rings is 1. The predicted molar refractivity (Wildman–Crippen MR) is 121 cm³/mol. The minimum absolute atomic E-state index is 0.0950. The van der Waals surface area contributed by atoms with Crippen molar-refractivity contribution in [3.63, 3.8) is 0 Å². The fourth-order valence-corrected chi connectivity index (χ4v) is 3.76. The number of aromatic nitrogens is 1. The third kappa shape index (κ3) is 6.21. The number of benzene rings is 1. The predicted octanol–water partition coefficient (Wildman–Crippen LogP) is 2.57. The van der Waals surface area contributed by atoms with E-state index in [2.05, 4.69) is 15.6 Å². The zero-order valence-corrected chi connectivity index (χ0v) is 19.0. The Labute approximate surface area is 191 Å². The quantitative estimate of drug-likeness (QED) is 0.344. The first-order valence-electron chi connectivity index (χ1n) is 10.8. The monoisotopic (exact) mass is 459 g/mol. The lowest BCUT2D eigenvalue weighted by Crippen LogP contribution is -2.46. The molecule has 1 aliphatic heterocycles. The van der Waals surface area contributed by atoms with Crippen LogP contribution in [0.5, 0.6) is 0 Å². The molecule has 1 saturated heterocycles. The number of amides is 3. The van der Waals surface area contributed by atoms with Crippen molar-refractivity contribution in [1.82, 2.24) is 20.5 Å². The minimum atomic E-state index is -0.596. The number of carbonyl (C=O) groups excluding carboxylic acids is 3. The normalized spacial score (nSPS) is 16.3. The standard InChI is InChI=1S/C22H29N5O6/c1-22(2,3)33-21(30)24-10-9-23-19(28)15-7-5-11-26(13-15)20(29)16-12-14-6-4-8-17(27(31)32)18(14)25-16/h4,6,8,12,15,25H,5,7,9-11,13H2,1-3H3,(H,23,28)(H,24,30). The zero-order chi connectivity index (χ0) is 24.2. The molecular weight excluding hydrogens is 430 g/mol. The molecule has 178 valence electrons. The number of hydrogen-bond acceptors (Lipinski definition) is 6. The molecule has 1 fully saturated rings. The zero-order valence-electron chi connectivity index (χ0n) is 19.0. The van der Waals surface area contributed by atoms with Crippen LogP contribution in [0.25, 0.3) is 10.9 Å². The molecule has 3 amide bonds. The summed E-state index contributed by atoms with van der Waals surface area (Å²) < 4.78 is 5.14. The first-order chi connectivity index (χ1) is 15.5. The first-order valence-corrected chi connectivity index (χ1v) is 10.8. The Hall–Kier alpha value is -3.63. The van der Waals surface area contributed by atoms with E-state index in [0.717, 1.165) is 0 Å². The van der Waals surface area contributed by atoms with Crippen molar-refractivity contribution in [2.45, 2.75) is 39.2 Å². The molecule has 2 heterocycles. The van der Waals surface area contributed by atoms with Crippen LogP contribution in [-0.4, -0.2) is 64.5 Å². The van der Waals surface area contributed by atoms with E-state index >= 15 is 0 Å². The van der Waals surface area contributed by atoms with Gasteiger partial charge in [-0.15, -0.1) is 0 Å². The number of nitrogens with zero attached hydrogens (tertiary/aromatic N) is 2. The fourth-order valence-electron chi connectivity index (χ4n) is 3.76. The van der Waals surface area contributed by atoms with Gasteiger partial charge in [0.05, 0.1) is 10.8 Å². The number of alkyl carbamates (subject to hydrolysis) is 1. The molecule has 0 bridgehead atoms. The van der Waals surface area contributed by atoms with Gasteiger partial charge in [-0.2, -0.15) is 0 Å². The van der Waals surface area contributed by atoms with E-state index in [1.54, 1.807) is 43.9 Å². The van der Waals surface area contributed by atoms with E-state index in [1.807, 2.05) is 0 Å². The number of aromatic amines is 1. The molecule has 1 aliphatic rings. The molecule has 0 saturated carbocycles. The Morgan fingerprint density at radius 2 is 1.97 bits per heavy atom. The van der Waals surface area contributed by atoms with Crippen LogP contribution in [0.4, 0.5) is 10.5 Å². The number of non-ortho nitro benzene ring substituents is 1. The van der Waals surface area contributed by atoms with Crippen LogP contribution in [0.15, 0.2) is 24.3 Å². The Kier molecular flexibility index (Phi) is 7.19. The molecule has 0 spiro atoms. The number of nitro groups is 1. The topological polar surface area (TPSA) is 147 Å². The van der Waals surface area contributed by atoms with Crippen molar-refractivity contribution < 1.29 is 24.0 Å². The number of ether oxygens (including phenoxy) is 1. The molecule has 2 aromatic rings. The van der Waals surface area contributed by atoms with E-state index in [0.29, 0.717) is 30.3 Å². The van der Waals surface area contributed by atoms with Crippen LogP contribution in [0.2, 0.25) is 0 Å². The van der Waals surface area contributed by atoms with Gasteiger partial charge in [0.25, 0.3) is 11.6 Å². The maximum Gasteiger partial charge on any atom is 0.407 e. The molecule has 11 nitrogen and oxygen atoms in total. The summed E-state index contributed by atoms with van der Waals surface area (Å²) in [4.78, 5) is 52.4. The summed E-state index contributed by atoms with van der Waals surface area (Å²) in [6.07, 6.45) is 0.762. The highest BCUT2D eigenvalue weighted by atomic mass is 16.6. The van der Waals surface area contributed by atoms with Gasteiger partial charge in [0.1, 0.15) is 16.8 Å². The first kappa shape index (κ1) is 24.0. The summed E-state index contributed by atoms with van der Waals surface area (Å²) in [7, 11) is 0. The SMILES string of the molecule is CC(C)(C)OC(=O)NCCNC(=O)C1CCCN(C(=O)c2cc3cccc([N+](=O)[O-])c3[nH]2)C1. The Morgan fingerprint density at radius 3 is 2.67 bits per heavy atom. The van der Waals surface area contributed by atoms with Crippen LogP contribution in [0, 0.1) is 16.0 Å². The van der Waals surface area contributed by atoms with Gasteiger partial charge in [0, 0.05) is 37.6 Å². The van der Waals surface area contributed by atoms with Crippen molar-refractivity contribution in [3.05, 3.63) is 40.1 Å². The second kappa shape index (κ2) is 9.88. The van der Waals surface area contributed by atoms with Crippen molar-refractivity contribution >= 4 is 34.5 Å². The molecule has 3 rings (SSSR count). The van der Waals surface area contributed by atoms with E-state index < -0.39 is 16.6 Å². The average molecular weight is 460 g/mol. The molecule has 1 aromatic heterocycles. The molecule has 1 atom stereocenters. The van der Waals surface area contributed by atoms with E-state index in [1.165, 1.54) is 6.07 Å². The Morgan fingerprint density at radius 1 is 1.24 bits per heavy atom. The molecule has 11 heteroatoms. The maximum absolute atomic E-state index is 13.0. The van der Waals surface area contributed by atoms with Crippen molar-refractivity contribution in [1.29, 1.82) is 0 Å². The number of H-pyrrole nitrogens is 1. The van der Waals surface area contributed by atoms with Crippen molar-refractivity contribution in [2.24, 2.45) is 5.92 Å². The van der Waals surface area contributed by atoms with Gasteiger partial charge >= 0.3 is 6.09 Å². The Balaban J connectivity index is 1.54. The van der Waals surface area contributed by atoms with Gasteiger partial charge in [-0.25, -0.2) is 4.79 Å². The van der Waals surface area contributed by atoms with Gasteiger partial charge in [-0.1, -0.05) is 12.1 Å². The third-order valence-corrected chi connectivity index (χ3v) is 5.23. The largest absolute Gasteiger partial charge is 0.444 e. The summed E-state index contributed by atoms with van der Waals surface area (Å²) >= 11 is 0. The molecule has 1 unspecified atom stereocenters. The summed E-state index contributed by atoms with van der Waals surface area (Å²) in [6, 6.07) is 6.25. The highest BCUT2D eigenvalue weighted by Gasteiger charge is 2.30. The molecule has 3 N–H and O–H groups in total. The van der Waals surface area contributed by atoms with Gasteiger partial charge in [-0.3, -0.25) is 19.7 Å². The summed E-state index contributed by atoms with van der Waals surface area (Å²) in [5.41, 5.74) is -0.138. The number of rotatable bonds is 6. The highest BCUT2D eigenvalue weighted by molar-refractivity contribution is 6.00. The lowest BCUT2D eigenvalue weighted by atomic mass is 9.97. The van der Waals surface area contributed by atoms with Gasteiger partial charge < -0.3 is 25.3 Å². The second-order valence-corrected chi connectivity index (χ2v) is 8.99. The van der Waals surface area contributed by atoms with E-state index in [4.69, 9.17) is 4.74 Å². The molecule has 1 aromatic carbocycles. The van der Waals surface area contributed by atoms with Crippen LogP contribution in [-0.2, 0) is 9.53 Å². The fraction of sp³-hybridized carbons (Fsp3) is 0.500. The molecule has 33 heavy (non-hydrogen) atoms. The van der Waals surface area contributed by atoms with Crippen LogP contribution in [0.1, 0.15) is 44.1 Å². The minimum Gasteiger partial charge on any atom is -0.444 e. The number of nitrogens with one attached hydrogen (secondary N) is 3. The maximum atomic E-state index is 13.0. The van der Waals surface area contributed by atoms with Gasteiger partial charge in [0.2, 0.25) is 5.91 Å². The number of fused-ring (bicyclic) bond motifs is 1. The van der Waals surface area contributed by atoms with Gasteiger partial charge in [0.15, 0.2) is 0 Å². The molecule has 0 aliphatic carbocycles. The number of nitro benzene ring substituents is 1. The molecule has 0 radical (unpaired) electrons. The van der Waals surface area contributed by atoms with E-state index in [9.17, 15) is 24.5 Å². The summed E-state index contributed by atoms with van der Waals surface area (Å²) in [6.45, 7) is 6.52. The van der Waals surface area contributed by atoms with Crippen molar-refractivity contribution in [3.8, 4) is 0 Å². The smallest absolute Gasteiger partial charge is 0.407 e. The number of para-hydroxylation sites is 1. The number of likely N-dealkylation sites (tertiary alicyclic amines) is 1. The van der Waals surface area contributed by atoms with Crippen LogP contribution >= 0.6 is 0 Å².